The SMILES string of the molecule is Cc1nc(SCCC2OCCCO2)[nH]c(=O)c1C. The minimum absolute atomic E-state index is 0.0600. The lowest BCUT2D eigenvalue weighted by Crippen LogP contribution is -2.25. The molecular weight excluding hydrogens is 252 g/mol. The number of rotatable bonds is 4. The number of H-pyrrole nitrogens is 1. The Balaban J connectivity index is 1.84. The van der Waals surface area contributed by atoms with Crippen molar-refractivity contribution < 1.29 is 9.47 Å². The number of hydrogen-bond acceptors (Lipinski definition) is 5. The van der Waals surface area contributed by atoms with Gasteiger partial charge >= 0.3 is 0 Å². The van der Waals surface area contributed by atoms with Crippen molar-refractivity contribution in [1.29, 1.82) is 0 Å². The number of ether oxygens (including phenoxy) is 2. The Morgan fingerprint density at radius 1 is 1.39 bits per heavy atom. The number of aryl methyl sites for hydroxylation is 1. The van der Waals surface area contributed by atoms with E-state index in [1.165, 1.54) is 11.8 Å². The summed E-state index contributed by atoms with van der Waals surface area (Å²) in [5.41, 5.74) is 1.40. The molecule has 1 aromatic heterocycles. The Kier molecular flexibility index (Phi) is 4.79. The number of nitrogens with zero attached hydrogens (tertiary/aromatic N) is 1. The second-order valence-electron chi connectivity index (χ2n) is 4.24. The van der Waals surface area contributed by atoms with Crippen molar-refractivity contribution in [2.75, 3.05) is 19.0 Å². The molecule has 1 fully saturated rings. The zero-order chi connectivity index (χ0) is 13.0. The van der Waals surface area contributed by atoms with E-state index >= 15 is 0 Å². The number of nitrogens with one attached hydrogen (secondary N) is 1. The van der Waals surface area contributed by atoms with Crippen LogP contribution in [0.5, 0.6) is 0 Å². The third-order valence-electron chi connectivity index (χ3n) is 2.86. The third-order valence-corrected chi connectivity index (χ3v) is 3.77. The Bertz CT molecular complexity index is 455. The maximum absolute atomic E-state index is 11.6. The molecule has 1 saturated heterocycles. The molecule has 100 valence electrons. The average Bonchev–Trinajstić information content (AvgIpc) is 2.37. The van der Waals surface area contributed by atoms with Crippen molar-refractivity contribution in [3.8, 4) is 0 Å². The second kappa shape index (κ2) is 6.36. The Hall–Kier alpha value is -0.850. The van der Waals surface area contributed by atoms with Crippen LogP contribution in [0.25, 0.3) is 0 Å². The van der Waals surface area contributed by atoms with Gasteiger partial charge < -0.3 is 14.5 Å². The zero-order valence-electron chi connectivity index (χ0n) is 10.7. The molecule has 18 heavy (non-hydrogen) atoms. The summed E-state index contributed by atoms with van der Waals surface area (Å²) in [6.45, 7) is 5.17. The van der Waals surface area contributed by atoms with E-state index in [2.05, 4.69) is 9.97 Å². The van der Waals surface area contributed by atoms with E-state index in [0.717, 1.165) is 37.5 Å². The first-order chi connectivity index (χ1) is 8.66. The van der Waals surface area contributed by atoms with Crippen LogP contribution in [-0.2, 0) is 9.47 Å². The number of aromatic nitrogens is 2. The van der Waals surface area contributed by atoms with E-state index in [4.69, 9.17) is 9.47 Å². The molecule has 0 amide bonds. The van der Waals surface area contributed by atoms with E-state index in [1.807, 2.05) is 6.92 Å². The van der Waals surface area contributed by atoms with Gasteiger partial charge in [0.15, 0.2) is 11.4 Å². The highest BCUT2D eigenvalue weighted by atomic mass is 32.2. The fourth-order valence-electron chi connectivity index (χ4n) is 1.64. The van der Waals surface area contributed by atoms with E-state index in [-0.39, 0.29) is 11.8 Å². The normalized spacial score (nSPS) is 17.0. The molecule has 1 N–H and O–H groups in total. The van der Waals surface area contributed by atoms with Gasteiger partial charge in [0.2, 0.25) is 0 Å². The Morgan fingerprint density at radius 2 is 2.11 bits per heavy atom. The van der Waals surface area contributed by atoms with Crippen molar-refractivity contribution in [1.82, 2.24) is 9.97 Å². The molecule has 2 rings (SSSR count). The predicted molar refractivity (Wildman–Crippen MR) is 70.0 cm³/mol. The molecule has 0 bridgehead atoms. The van der Waals surface area contributed by atoms with Crippen LogP contribution >= 0.6 is 11.8 Å². The molecule has 5 nitrogen and oxygen atoms in total. The van der Waals surface area contributed by atoms with Gasteiger partial charge in [-0.2, -0.15) is 0 Å². The van der Waals surface area contributed by atoms with Gasteiger partial charge in [-0.3, -0.25) is 4.79 Å². The predicted octanol–water partition coefficient (Wildman–Crippen LogP) is 1.63. The lowest BCUT2D eigenvalue weighted by molar-refractivity contribution is -0.178. The first kappa shape index (κ1) is 13.6. The van der Waals surface area contributed by atoms with Crippen LogP contribution in [0.4, 0.5) is 0 Å². The van der Waals surface area contributed by atoms with Gasteiger partial charge in [-0.1, -0.05) is 11.8 Å². The summed E-state index contributed by atoms with van der Waals surface area (Å²) in [4.78, 5) is 18.7. The molecule has 1 aliphatic rings. The lowest BCUT2D eigenvalue weighted by Gasteiger charge is -2.22. The molecular formula is C12H18N2O3S. The van der Waals surface area contributed by atoms with E-state index in [9.17, 15) is 4.79 Å². The molecule has 1 aromatic rings. The van der Waals surface area contributed by atoms with Gasteiger partial charge in [0.05, 0.1) is 13.2 Å². The summed E-state index contributed by atoms with van der Waals surface area (Å²) < 4.78 is 10.9. The fourth-order valence-corrected chi connectivity index (χ4v) is 2.51. The van der Waals surface area contributed by atoms with E-state index in [0.29, 0.717) is 10.7 Å². The van der Waals surface area contributed by atoms with Gasteiger partial charge in [0.25, 0.3) is 5.56 Å². The molecule has 0 aromatic carbocycles. The molecule has 6 heteroatoms. The minimum Gasteiger partial charge on any atom is -0.353 e. The third kappa shape index (κ3) is 3.57. The van der Waals surface area contributed by atoms with E-state index < -0.39 is 0 Å². The topological polar surface area (TPSA) is 64.2 Å². The van der Waals surface area contributed by atoms with Gasteiger partial charge in [0.1, 0.15) is 0 Å². The first-order valence-corrected chi connectivity index (χ1v) is 7.09. The summed E-state index contributed by atoms with van der Waals surface area (Å²) >= 11 is 1.52. The van der Waals surface area contributed by atoms with Crippen LogP contribution in [0.1, 0.15) is 24.1 Å². The summed E-state index contributed by atoms with van der Waals surface area (Å²) in [6, 6.07) is 0. The van der Waals surface area contributed by atoms with Crippen LogP contribution in [-0.4, -0.2) is 35.2 Å². The largest absolute Gasteiger partial charge is 0.353 e. The molecule has 0 saturated carbocycles. The standard InChI is InChI=1S/C12H18N2O3S/c1-8-9(2)13-12(14-11(8)15)18-7-4-10-16-5-3-6-17-10/h10H,3-7H2,1-2H3,(H,13,14,15). The van der Waals surface area contributed by atoms with Crippen LogP contribution in [0.2, 0.25) is 0 Å². The van der Waals surface area contributed by atoms with Crippen molar-refractivity contribution in [3.05, 3.63) is 21.6 Å². The number of hydrogen-bond donors (Lipinski definition) is 1. The fraction of sp³-hybridized carbons (Fsp3) is 0.667. The molecule has 1 aliphatic heterocycles. The Morgan fingerprint density at radius 3 is 2.78 bits per heavy atom. The maximum atomic E-state index is 11.6. The summed E-state index contributed by atoms with van der Waals surface area (Å²) in [5, 5.41) is 0.666. The van der Waals surface area contributed by atoms with Gasteiger partial charge in [-0.25, -0.2) is 4.98 Å². The van der Waals surface area contributed by atoms with Gasteiger partial charge in [-0.05, 0) is 20.3 Å². The number of thioether (sulfide) groups is 1. The number of aromatic amines is 1. The quantitative estimate of drug-likeness (QED) is 0.665. The molecule has 0 aliphatic carbocycles. The zero-order valence-corrected chi connectivity index (χ0v) is 11.5. The van der Waals surface area contributed by atoms with E-state index in [1.54, 1.807) is 6.92 Å². The summed E-state index contributed by atoms with van der Waals surface area (Å²) in [6.07, 6.45) is 1.67. The minimum atomic E-state index is -0.107. The molecule has 0 spiro atoms. The smallest absolute Gasteiger partial charge is 0.254 e. The highest BCUT2D eigenvalue weighted by Gasteiger charge is 2.14. The molecule has 0 atom stereocenters. The monoisotopic (exact) mass is 270 g/mol. The Labute approximate surface area is 110 Å². The van der Waals surface area contributed by atoms with Crippen molar-refractivity contribution in [3.63, 3.8) is 0 Å². The highest BCUT2D eigenvalue weighted by molar-refractivity contribution is 7.99. The summed E-state index contributed by atoms with van der Waals surface area (Å²) in [7, 11) is 0. The van der Waals surface area contributed by atoms with Crippen molar-refractivity contribution >= 4 is 11.8 Å². The van der Waals surface area contributed by atoms with Crippen LogP contribution in [0.15, 0.2) is 9.95 Å². The molecule has 0 unspecified atom stereocenters. The molecule has 2 heterocycles. The maximum Gasteiger partial charge on any atom is 0.254 e. The lowest BCUT2D eigenvalue weighted by atomic mass is 10.3. The average molecular weight is 270 g/mol. The molecule has 0 radical (unpaired) electrons. The highest BCUT2D eigenvalue weighted by Crippen LogP contribution is 2.17. The van der Waals surface area contributed by atoms with Crippen LogP contribution < -0.4 is 5.56 Å². The van der Waals surface area contributed by atoms with Crippen LogP contribution in [0.3, 0.4) is 0 Å². The first-order valence-electron chi connectivity index (χ1n) is 6.10. The summed E-state index contributed by atoms with van der Waals surface area (Å²) in [5.74, 6) is 0.816. The van der Waals surface area contributed by atoms with Crippen LogP contribution in [0, 0.1) is 13.8 Å². The second-order valence-corrected chi connectivity index (χ2v) is 5.33. The van der Waals surface area contributed by atoms with Gasteiger partial charge in [0, 0.05) is 23.4 Å². The van der Waals surface area contributed by atoms with Gasteiger partial charge in [-0.15, -0.1) is 0 Å². The van der Waals surface area contributed by atoms with Crippen molar-refractivity contribution in [2.45, 2.75) is 38.1 Å². The van der Waals surface area contributed by atoms with Crippen molar-refractivity contribution in [2.24, 2.45) is 0 Å².